The van der Waals surface area contributed by atoms with Crippen LogP contribution in [0.15, 0.2) is 36.4 Å². The van der Waals surface area contributed by atoms with E-state index in [-0.39, 0.29) is 35.9 Å². The molecule has 0 spiro atoms. The largest absolute Gasteiger partial charge is 0.482 e. The zero-order chi connectivity index (χ0) is 21.7. The van der Waals surface area contributed by atoms with Gasteiger partial charge in [0, 0.05) is 11.3 Å². The molecule has 0 aliphatic carbocycles. The van der Waals surface area contributed by atoms with E-state index in [0.29, 0.717) is 11.7 Å². The Bertz CT molecular complexity index is 781. The van der Waals surface area contributed by atoms with Gasteiger partial charge in [-0.1, -0.05) is 51.8 Å². The van der Waals surface area contributed by atoms with Crippen LogP contribution in [0.2, 0.25) is 0 Å². The number of carbonyl (C=O) groups excluding carboxylic acids is 1. The minimum atomic E-state index is -0.987. The van der Waals surface area contributed by atoms with E-state index in [1.54, 1.807) is 12.1 Å². The molecular formula is C25H34O5. The summed E-state index contributed by atoms with van der Waals surface area (Å²) in [6.07, 6.45) is 10.3. The molecule has 2 aliphatic heterocycles. The van der Waals surface area contributed by atoms with E-state index in [2.05, 4.69) is 13.0 Å². The summed E-state index contributed by atoms with van der Waals surface area (Å²) < 4.78 is 11.5. The highest BCUT2D eigenvalue weighted by Gasteiger charge is 2.47. The topological polar surface area (TPSA) is 72.8 Å². The van der Waals surface area contributed by atoms with Gasteiger partial charge in [-0.2, -0.15) is 0 Å². The van der Waals surface area contributed by atoms with Crippen molar-refractivity contribution in [3.05, 3.63) is 42.0 Å². The number of carboxylic acids is 1. The average Bonchev–Trinajstić information content (AvgIpc) is 3.31. The monoisotopic (exact) mass is 414 g/mol. The molecule has 30 heavy (non-hydrogen) atoms. The molecule has 1 N–H and O–H groups in total. The molecular weight excluding hydrogens is 380 g/mol. The predicted octanol–water partition coefficient (Wildman–Crippen LogP) is 4.83. The lowest BCUT2D eigenvalue weighted by Crippen LogP contribution is -2.28. The van der Waals surface area contributed by atoms with Crippen LogP contribution in [0.3, 0.4) is 0 Å². The highest BCUT2D eigenvalue weighted by atomic mass is 16.5. The number of benzene rings is 1. The Kier molecular flexibility index (Phi) is 7.35. The SMILES string of the molecule is CCCCC(C)(C)C(=O)C=C[C@H]1[C@H](Cc2cccc(OCC(=O)O)c2)[C@H]2CC[C@@H]1O2. The van der Waals surface area contributed by atoms with Crippen LogP contribution >= 0.6 is 0 Å². The van der Waals surface area contributed by atoms with Gasteiger partial charge < -0.3 is 14.6 Å². The van der Waals surface area contributed by atoms with E-state index < -0.39 is 5.97 Å². The number of rotatable bonds is 11. The molecule has 3 rings (SSSR count). The van der Waals surface area contributed by atoms with Crippen molar-refractivity contribution in [2.75, 3.05) is 6.61 Å². The third-order valence-corrected chi connectivity index (χ3v) is 6.51. The van der Waals surface area contributed by atoms with Crippen LogP contribution in [0.25, 0.3) is 0 Å². The molecule has 0 radical (unpaired) electrons. The fraction of sp³-hybridized carbons (Fsp3) is 0.600. The summed E-state index contributed by atoms with van der Waals surface area (Å²) in [6, 6.07) is 7.62. The molecule has 5 nitrogen and oxygen atoms in total. The van der Waals surface area contributed by atoms with Crippen LogP contribution in [0.5, 0.6) is 5.75 Å². The molecule has 0 unspecified atom stereocenters. The van der Waals surface area contributed by atoms with Crippen molar-refractivity contribution in [1.82, 2.24) is 0 Å². The fourth-order valence-electron chi connectivity index (χ4n) is 4.69. The Morgan fingerprint density at radius 2 is 2.03 bits per heavy atom. The van der Waals surface area contributed by atoms with Crippen molar-refractivity contribution in [3.8, 4) is 5.75 Å². The Morgan fingerprint density at radius 3 is 2.77 bits per heavy atom. The number of unbranched alkanes of at least 4 members (excludes halogenated alkanes) is 1. The minimum Gasteiger partial charge on any atom is -0.482 e. The van der Waals surface area contributed by atoms with Crippen LogP contribution in [0, 0.1) is 17.3 Å². The highest BCUT2D eigenvalue weighted by Crippen LogP contribution is 2.45. The fourth-order valence-corrected chi connectivity index (χ4v) is 4.69. The lowest BCUT2D eigenvalue weighted by molar-refractivity contribution is -0.139. The molecule has 2 heterocycles. The van der Waals surface area contributed by atoms with Gasteiger partial charge in [0.15, 0.2) is 12.4 Å². The molecule has 2 aliphatic rings. The first-order valence-electron chi connectivity index (χ1n) is 11.1. The van der Waals surface area contributed by atoms with Crippen LogP contribution in [0.4, 0.5) is 0 Å². The van der Waals surface area contributed by atoms with Gasteiger partial charge in [-0.3, -0.25) is 4.79 Å². The molecule has 1 aromatic carbocycles. The first-order valence-corrected chi connectivity index (χ1v) is 11.1. The maximum atomic E-state index is 12.8. The summed E-state index contributed by atoms with van der Waals surface area (Å²) in [7, 11) is 0. The first-order chi connectivity index (χ1) is 14.3. The molecule has 0 saturated carbocycles. The van der Waals surface area contributed by atoms with E-state index in [0.717, 1.165) is 44.1 Å². The Hall–Kier alpha value is -2.14. The van der Waals surface area contributed by atoms with Crippen LogP contribution < -0.4 is 4.74 Å². The van der Waals surface area contributed by atoms with E-state index >= 15 is 0 Å². The highest BCUT2D eigenvalue weighted by molar-refractivity contribution is 5.94. The van der Waals surface area contributed by atoms with Gasteiger partial charge in [0.1, 0.15) is 5.75 Å². The molecule has 2 bridgehead atoms. The number of hydrogen-bond acceptors (Lipinski definition) is 4. The summed E-state index contributed by atoms with van der Waals surface area (Å²) in [5, 5.41) is 8.81. The van der Waals surface area contributed by atoms with Crippen molar-refractivity contribution < 1.29 is 24.2 Å². The van der Waals surface area contributed by atoms with E-state index in [1.807, 2.05) is 32.0 Å². The van der Waals surface area contributed by atoms with Gasteiger partial charge in [-0.15, -0.1) is 0 Å². The maximum absolute atomic E-state index is 12.8. The number of carboxylic acid groups (broad SMARTS) is 1. The van der Waals surface area contributed by atoms with Gasteiger partial charge in [0.05, 0.1) is 12.2 Å². The van der Waals surface area contributed by atoms with Gasteiger partial charge in [-0.05, 0) is 55.4 Å². The molecule has 2 saturated heterocycles. The molecule has 0 aromatic heterocycles. The van der Waals surface area contributed by atoms with Crippen molar-refractivity contribution in [3.63, 3.8) is 0 Å². The molecule has 164 valence electrons. The number of hydrogen-bond donors (Lipinski definition) is 1. The van der Waals surface area contributed by atoms with Gasteiger partial charge in [0.25, 0.3) is 0 Å². The van der Waals surface area contributed by atoms with E-state index in [9.17, 15) is 9.59 Å². The number of allylic oxidation sites excluding steroid dienone is 1. The minimum absolute atomic E-state index is 0.189. The lowest BCUT2D eigenvalue weighted by Gasteiger charge is -2.26. The zero-order valence-electron chi connectivity index (χ0n) is 18.3. The van der Waals surface area contributed by atoms with Crippen LogP contribution in [-0.4, -0.2) is 35.7 Å². The van der Waals surface area contributed by atoms with Crippen molar-refractivity contribution in [2.24, 2.45) is 17.3 Å². The Labute approximate surface area is 179 Å². The number of ketones is 1. The Balaban J connectivity index is 1.68. The molecule has 5 heteroatoms. The summed E-state index contributed by atoms with van der Waals surface area (Å²) in [4.78, 5) is 23.5. The summed E-state index contributed by atoms with van der Waals surface area (Å²) in [6.45, 7) is 5.87. The summed E-state index contributed by atoms with van der Waals surface area (Å²) in [5.74, 6) is 0.332. The molecule has 4 atom stereocenters. The van der Waals surface area contributed by atoms with Crippen molar-refractivity contribution >= 4 is 11.8 Å². The third-order valence-electron chi connectivity index (χ3n) is 6.51. The number of fused-ring (bicyclic) bond motifs is 2. The number of carbonyl (C=O) groups is 2. The molecule has 1 aromatic rings. The summed E-state index contributed by atoms with van der Waals surface area (Å²) >= 11 is 0. The number of ether oxygens (including phenoxy) is 2. The van der Waals surface area contributed by atoms with Crippen molar-refractivity contribution in [2.45, 2.75) is 71.5 Å². The average molecular weight is 415 g/mol. The summed E-state index contributed by atoms with van der Waals surface area (Å²) in [5.41, 5.74) is 0.781. The normalized spacial score (nSPS) is 25.7. The van der Waals surface area contributed by atoms with Gasteiger partial charge >= 0.3 is 5.97 Å². The maximum Gasteiger partial charge on any atom is 0.341 e. The third kappa shape index (κ3) is 5.51. The number of aliphatic carboxylic acids is 1. The van der Waals surface area contributed by atoms with Crippen LogP contribution in [-0.2, 0) is 20.7 Å². The van der Waals surface area contributed by atoms with Crippen LogP contribution in [0.1, 0.15) is 58.4 Å². The van der Waals surface area contributed by atoms with E-state index in [1.165, 1.54) is 0 Å². The van der Waals surface area contributed by atoms with Gasteiger partial charge in [0.2, 0.25) is 0 Å². The van der Waals surface area contributed by atoms with E-state index in [4.69, 9.17) is 14.6 Å². The van der Waals surface area contributed by atoms with Gasteiger partial charge in [-0.25, -0.2) is 4.79 Å². The second kappa shape index (κ2) is 9.78. The zero-order valence-corrected chi connectivity index (χ0v) is 18.3. The molecule has 2 fully saturated rings. The first kappa shape index (κ1) is 22.5. The second-order valence-electron chi connectivity index (χ2n) is 9.28. The second-order valence-corrected chi connectivity index (χ2v) is 9.28. The lowest BCUT2D eigenvalue weighted by atomic mass is 9.75. The quantitative estimate of drug-likeness (QED) is 0.525. The standard InChI is InChI=1S/C25H34O5/c1-4-5-13-25(2,3)23(26)12-9-19-20(22-11-10-21(19)30-22)15-17-7-6-8-18(14-17)29-16-24(27)28/h6-9,12,14,19-22H,4-5,10-11,13,15-16H2,1-3H3,(H,27,28)/t19-,20-,21-,22+/m0/s1. The van der Waals surface area contributed by atoms with Crippen molar-refractivity contribution in [1.29, 1.82) is 0 Å². The Morgan fingerprint density at radius 1 is 1.27 bits per heavy atom. The smallest absolute Gasteiger partial charge is 0.341 e. The predicted molar refractivity (Wildman–Crippen MR) is 116 cm³/mol. The molecule has 0 amide bonds.